The summed E-state index contributed by atoms with van der Waals surface area (Å²) in [5.41, 5.74) is -0.567. The first-order valence-electron chi connectivity index (χ1n) is 2.73. The molecule has 0 aromatic heterocycles. The molecule has 0 aliphatic rings. The number of nitriles is 1. The second-order valence-corrected chi connectivity index (χ2v) is 2.41. The maximum absolute atomic E-state index is 12.6. The third kappa shape index (κ3) is 1.49. The Morgan fingerprint density at radius 1 is 1.27 bits per heavy atom. The van der Waals surface area contributed by atoms with Gasteiger partial charge < -0.3 is 0 Å². The van der Waals surface area contributed by atoms with Gasteiger partial charge in [0.2, 0.25) is 0 Å². The summed E-state index contributed by atoms with van der Waals surface area (Å²) in [6.45, 7) is 0. The second kappa shape index (κ2) is 2.89. The van der Waals surface area contributed by atoms with E-state index >= 15 is 0 Å². The lowest BCUT2D eigenvalue weighted by molar-refractivity contribution is 0.571. The first-order chi connectivity index (χ1) is 5.15. The summed E-state index contributed by atoms with van der Waals surface area (Å²) in [6.07, 6.45) is 0. The summed E-state index contributed by atoms with van der Waals surface area (Å²) >= 11 is 3.72. The molecule has 0 amide bonds. The molecule has 0 aliphatic carbocycles. The van der Waals surface area contributed by atoms with Gasteiger partial charge in [-0.3, -0.25) is 0 Å². The number of hydrogen-bond donors (Lipinski definition) is 1. The fourth-order valence-electron chi connectivity index (χ4n) is 0.667. The van der Waals surface area contributed by atoms with Gasteiger partial charge in [0.05, 0.1) is 0 Å². The van der Waals surface area contributed by atoms with E-state index in [0.29, 0.717) is 0 Å². The number of nitrogens with zero attached hydrogens (tertiary/aromatic N) is 1. The lowest BCUT2D eigenvalue weighted by Crippen LogP contribution is -1.89. The Morgan fingerprint density at radius 3 is 2.09 bits per heavy atom. The largest absolute Gasteiger partial charge is 0.205 e. The van der Waals surface area contributed by atoms with Crippen molar-refractivity contribution in [2.24, 2.45) is 0 Å². The van der Waals surface area contributed by atoms with E-state index in [1.807, 2.05) is 0 Å². The average molecular weight is 171 g/mol. The lowest BCUT2D eigenvalue weighted by atomic mass is 10.2. The Balaban J connectivity index is 3.40. The quantitative estimate of drug-likeness (QED) is 0.594. The van der Waals surface area contributed by atoms with Crippen molar-refractivity contribution in [2.75, 3.05) is 0 Å². The van der Waals surface area contributed by atoms with Gasteiger partial charge in [-0.2, -0.15) is 5.26 Å². The van der Waals surface area contributed by atoms with Gasteiger partial charge in [0, 0.05) is 4.90 Å². The zero-order valence-corrected chi connectivity index (χ0v) is 6.20. The van der Waals surface area contributed by atoms with Crippen LogP contribution in [0, 0.1) is 23.0 Å². The summed E-state index contributed by atoms with van der Waals surface area (Å²) in [5.74, 6) is -1.75. The van der Waals surface area contributed by atoms with Crippen molar-refractivity contribution in [3.8, 4) is 6.07 Å². The monoisotopic (exact) mass is 171 g/mol. The summed E-state index contributed by atoms with van der Waals surface area (Å²) in [4.78, 5) is 0.166. The van der Waals surface area contributed by atoms with E-state index in [0.717, 1.165) is 12.1 Å². The van der Waals surface area contributed by atoms with Gasteiger partial charge in [-0.05, 0) is 12.1 Å². The standard InChI is InChI=1S/C7H3F2NS/c8-6-1-4(11)2-7(9)5(6)3-10/h1-2,11H. The van der Waals surface area contributed by atoms with E-state index in [4.69, 9.17) is 5.26 Å². The fraction of sp³-hybridized carbons (Fsp3) is 0. The zero-order chi connectivity index (χ0) is 8.43. The molecule has 4 heteroatoms. The smallest absolute Gasteiger partial charge is 0.145 e. The van der Waals surface area contributed by atoms with Crippen molar-refractivity contribution in [1.82, 2.24) is 0 Å². The van der Waals surface area contributed by atoms with Gasteiger partial charge in [0.1, 0.15) is 23.3 Å². The van der Waals surface area contributed by atoms with Crippen LogP contribution in [0.15, 0.2) is 17.0 Å². The van der Waals surface area contributed by atoms with E-state index in [9.17, 15) is 8.78 Å². The molecule has 1 aromatic rings. The highest BCUT2D eigenvalue weighted by Crippen LogP contribution is 2.16. The predicted molar refractivity (Wildman–Crippen MR) is 38.3 cm³/mol. The topological polar surface area (TPSA) is 23.8 Å². The van der Waals surface area contributed by atoms with Gasteiger partial charge in [-0.1, -0.05) is 0 Å². The van der Waals surface area contributed by atoms with Crippen molar-refractivity contribution in [2.45, 2.75) is 4.90 Å². The van der Waals surface area contributed by atoms with Crippen LogP contribution < -0.4 is 0 Å². The lowest BCUT2D eigenvalue weighted by Gasteiger charge is -1.95. The molecule has 0 N–H and O–H groups in total. The van der Waals surface area contributed by atoms with Crippen molar-refractivity contribution >= 4 is 12.6 Å². The number of hydrogen-bond acceptors (Lipinski definition) is 2. The molecule has 0 saturated carbocycles. The molecular formula is C7H3F2NS. The minimum atomic E-state index is -0.877. The summed E-state index contributed by atoms with van der Waals surface area (Å²) < 4.78 is 25.2. The van der Waals surface area contributed by atoms with Crippen molar-refractivity contribution in [3.05, 3.63) is 29.3 Å². The minimum absolute atomic E-state index is 0.166. The predicted octanol–water partition coefficient (Wildman–Crippen LogP) is 2.13. The normalized spacial score (nSPS) is 9.27. The van der Waals surface area contributed by atoms with Crippen LogP contribution in [0.3, 0.4) is 0 Å². The SMILES string of the molecule is N#Cc1c(F)cc(S)cc1F. The first-order valence-corrected chi connectivity index (χ1v) is 3.18. The molecule has 0 spiro atoms. The first kappa shape index (κ1) is 8.02. The van der Waals surface area contributed by atoms with E-state index < -0.39 is 17.2 Å². The van der Waals surface area contributed by atoms with Crippen molar-refractivity contribution in [1.29, 1.82) is 5.26 Å². The molecule has 11 heavy (non-hydrogen) atoms. The van der Waals surface area contributed by atoms with Crippen LogP contribution in [0.5, 0.6) is 0 Å². The van der Waals surface area contributed by atoms with Gasteiger partial charge in [0.15, 0.2) is 0 Å². The Kier molecular flexibility index (Phi) is 2.11. The molecule has 1 nitrogen and oxygen atoms in total. The Hall–Kier alpha value is -1.08. The van der Waals surface area contributed by atoms with Crippen molar-refractivity contribution in [3.63, 3.8) is 0 Å². The molecule has 0 aliphatic heterocycles. The molecule has 0 unspecified atom stereocenters. The maximum atomic E-state index is 12.6. The van der Waals surface area contributed by atoms with E-state index in [1.54, 1.807) is 0 Å². The molecule has 1 aromatic carbocycles. The third-order valence-electron chi connectivity index (χ3n) is 1.14. The molecule has 0 fully saturated rings. The Morgan fingerprint density at radius 2 is 1.73 bits per heavy atom. The highest BCUT2D eigenvalue weighted by molar-refractivity contribution is 7.80. The molecule has 0 saturated heterocycles. The Bertz CT molecular complexity index is 307. The number of benzene rings is 1. The fourth-order valence-corrected chi connectivity index (χ4v) is 0.893. The van der Waals surface area contributed by atoms with Crippen molar-refractivity contribution < 1.29 is 8.78 Å². The third-order valence-corrected chi connectivity index (χ3v) is 1.40. The average Bonchev–Trinajstić information content (AvgIpc) is 1.85. The van der Waals surface area contributed by atoms with Crippen LogP contribution in [0.2, 0.25) is 0 Å². The Labute approximate surface area is 67.7 Å². The minimum Gasteiger partial charge on any atom is -0.205 e. The van der Waals surface area contributed by atoms with E-state index in [1.165, 1.54) is 6.07 Å². The van der Waals surface area contributed by atoms with Crippen LogP contribution in [0.25, 0.3) is 0 Å². The molecule has 0 radical (unpaired) electrons. The van der Waals surface area contributed by atoms with Crippen LogP contribution in [0.1, 0.15) is 5.56 Å². The van der Waals surface area contributed by atoms with Gasteiger partial charge in [-0.25, -0.2) is 8.78 Å². The molecule has 1 rings (SSSR count). The second-order valence-electron chi connectivity index (χ2n) is 1.90. The van der Waals surface area contributed by atoms with Crippen LogP contribution in [-0.4, -0.2) is 0 Å². The molecule has 0 bridgehead atoms. The van der Waals surface area contributed by atoms with Crippen LogP contribution in [-0.2, 0) is 0 Å². The molecule has 0 heterocycles. The van der Waals surface area contributed by atoms with Crippen LogP contribution >= 0.6 is 12.6 Å². The van der Waals surface area contributed by atoms with Crippen LogP contribution in [0.4, 0.5) is 8.78 Å². The highest BCUT2D eigenvalue weighted by Gasteiger charge is 2.08. The molecule has 56 valence electrons. The number of halogens is 2. The summed E-state index contributed by atoms with van der Waals surface area (Å²) in [6, 6.07) is 3.39. The van der Waals surface area contributed by atoms with Gasteiger partial charge in [-0.15, -0.1) is 12.6 Å². The highest BCUT2D eigenvalue weighted by atomic mass is 32.1. The summed E-state index contributed by atoms with van der Waals surface area (Å²) in [5, 5.41) is 8.24. The molecule has 0 atom stereocenters. The van der Waals surface area contributed by atoms with E-state index in [-0.39, 0.29) is 4.90 Å². The number of thiol groups is 1. The summed E-state index contributed by atoms with van der Waals surface area (Å²) in [7, 11) is 0. The van der Waals surface area contributed by atoms with Gasteiger partial charge >= 0.3 is 0 Å². The zero-order valence-electron chi connectivity index (χ0n) is 5.31. The number of rotatable bonds is 0. The maximum Gasteiger partial charge on any atom is 0.145 e. The molecular weight excluding hydrogens is 168 g/mol. The van der Waals surface area contributed by atoms with Gasteiger partial charge in [0.25, 0.3) is 0 Å². The van der Waals surface area contributed by atoms with E-state index in [2.05, 4.69) is 12.6 Å².